The summed E-state index contributed by atoms with van der Waals surface area (Å²) in [5.41, 5.74) is 0.449. The van der Waals surface area contributed by atoms with Gasteiger partial charge in [0.2, 0.25) is 11.8 Å². The number of aliphatic hydroxyl groups is 2. The molecule has 0 spiro atoms. The molecule has 7 heteroatoms. The molecule has 0 saturated carbocycles. The summed E-state index contributed by atoms with van der Waals surface area (Å²) in [6.07, 6.45) is 0.117. The van der Waals surface area contributed by atoms with E-state index >= 15 is 0 Å². The zero-order chi connectivity index (χ0) is 15.6. The monoisotopic (exact) mass is 295 g/mol. The topological polar surface area (TPSA) is 118 Å². The summed E-state index contributed by atoms with van der Waals surface area (Å²) in [7, 11) is 0. The normalized spacial score (nSPS) is 18.8. The van der Waals surface area contributed by atoms with E-state index in [9.17, 15) is 19.8 Å². The Morgan fingerprint density at radius 1 is 1.19 bits per heavy atom. The lowest BCUT2D eigenvalue weighted by atomic mass is 9.97. The van der Waals surface area contributed by atoms with Crippen LogP contribution in [0.3, 0.4) is 0 Å². The second-order valence-electron chi connectivity index (χ2n) is 5.04. The summed E-state index contributed by atoms with van der Waals surface area (Å²) in [4.78, 5) is 25.0. The highest BCUT2D eigenvalue weighted by Gasteiger charge is 2.42. The minimum absolute atomic E-state index is 0.0321. The number of amides is 2. The molecule has 21 heavy (non-hydrogen) atoms. The minimum Gasteiger partial charge on any atom is -0.508 e. The number of phenols is 2. The molecule has 1 aliphatic rings. The van der Waals surface area contributed by atoms with Crippen molar-refractivity contribution in [1.29, 1.82) is 0 Å². The maximum atomic E-state index is 12.2. The number of likely N-dealkylation sites (tertiary alicyclic amines) is 1. The summed E-state index contributed by atoms with van der Waals surface area (Å²) in [6.45, 7) is -0.990. The van der Waals surface area contributed by atoms with Crippen molar-refractivity contribution in [3.63, 3.8) is 0 Å². The highest BCUT2D eigenvalue weighted by Crippen LogP contribution is 2.30. The first kappa shape index (κ1) is 15.3. The molecule has 0 bridgehead atoms. The number of hydrogen-bond donors (Lipinski definition) is 4. The Labute approximate surface area is 121 Å². The van der Waals surface area contributed by atoms with Gasteiger partial charge >= 0.3 is 0 Å². The first-order valence-electron chi connectivity index (χ1n) is 6.56. The Morgan fingerprint density at radius 2 is 1.86 bits per heavy atom. The van der Waals surface area contributed by atoms with Crippen molar-refractivity contribution in [3.05, 3.63) is 23.8 Å². The standard InChI is InChI=1S/C14H17NO6/c16-6-10(7-17)15-13(20)4-9(14(15)21)3-8-1-2-11(18)5-12(8)19/h1-2,5,9-10,16-19H,3-4,6-7H2. The largest absolute Gasteiger partial charge is 0.508 e. The molecule has 1 heterocycles. The fourth-order valence-corrected chi connectivity index (χ4v) is 2.47. The number of carbonyl (C=O) groups is 2. The van der Waals surface area contributed by atoms with Gasteiger partial charge in [-0.15, -0.1) is 0 Å². The zero-order valence-corrected chi connectivity index (χ0v) is 11.3. The smallest absolute Gasteiger partial charge is 0.233 e. The van der Waals surface area contributed by atoms with Gasteiger partial charge in [0.25, 0.3) is 0 Å². The van der Waals surface area contributed by atoms with E-state index in [1.54, 1.807) is 0 Å². The first-order chi connectivity index (χ1) is 9.97. The summed E-state index contributed by atoms with van der Waals surface area (Å²) >= 11 is 0. The molecular formula is C14H17NO6. The van der Waals surface area contributed by atoms with Crippen LogP contribution in [-0.4, -0.2) is 56.4 Å². The molecule has 1 atom stereocenters. The molecule has 2 amide bonds. The highest BCUT2D eigenvalue weighted by molar-refractivity contribution is 6.04. The molecule has 0 radical (unpaired) electrons. The predicted molar refractivity (Wildman–Crippen MR) is 71.4 cm³/mol. The maximum absolute atomic E-state index is 12.2. The van der Waals surface area contributed by atoms with Crippen LogP contribution in [0.4, 0.5) is 0 Å². The average Bonchev–Trinajstić information content (AvgIpc) is 2.71. The Kier molecular flexibility index (Phi) is 4.44. The van der Waals surface area contributed by atoms with Crippen molar-refractivity contribution in [3.8, 4) is 11.5 Å². The minimum atomic E-state index is -0.927. The van der Waals surface area contributed by atoms with E-state index in [2.05, 4.69) is 0 Å². The van der Waals surface area contributed by atoms with E-state index in [-0.39, 0.29) is 24.3 Å². The predicted octanol–water partition coefficient (Wildman–Crippen LogP) is -0.631. The van der Waals surface area contributed by atoms with E-state index in [1.807, 2.05) is 0 Å². The molecule has 1 aliphatic heterocycles. The first-order valence-corrected chi connectivity index (χ1v) is 6.56. The zero-order valence-electron chi connectivity index (χ0n) is 11.3. The van der Waals surface area contributed by atoms with Crippen LogP contribution in [0.15, 0.2) is 18.2 Å². The molecule has 1 saturated heterocycles. The second kappa shape index (κ2) is 6.11. The molecule has 1 fully saturated rings. The van der Waals surface area contributed by atoms with E-state index in [4.69, 9.17) is 10.2 Å². The van der Waals surface area contributed by atoms with E-state index < -0.39 is 37.0 Å². The van der Waals surface area contributed by atoms with Gasteiger partial charge in [-0.25, -0.2) is 0 Å². The molecule has 0 aliphatic carbocycles. The number of phenolic OH excluding ortho intramolecular Hbond substituents is 2. The van der Waals surface area contributed by atoms with Gasteiger partial charge in [-0.1, -0.05) is 6.07 Å². The van der Waals surface area contributed by atoms with Crippen LogP contribution >= 0.6 is 0 Å². The van der Waals surface area contributed by atoms with Crippen LogP contribution in [0.25, 0.3) is 0 Å². The molecule has 1 aromatic carbocycles. The molecule has 2 rings (SSSR count). The molecular weight excluding hydrogens is 278 g/mol. The SMILES string of the molecule is O=C1CC(Cc2ccc(O)cc2O)C(=O)N1C(CO)CO. The highest BCUT2D eigenvalue weighted by atomic mass is 16.3. The number of carbonyl (C=O) groups excluding carboxylic acids is 2. The van der Waals surface area contributed by atoms with E-state index in [0.717, 1.165) is 4.90 Å². The molecule has 114 valence electrons. The fourth-order valence-electron chi connectivity index (χ4n) is 2.47. The van der Waals surface area contributed by atoms with Gasteiger partial charge in [0.05, 0.1) is 25.2 Å². The van der Waals surface area contributed by atoms with Crippen LogP contribution in [0.2, 0.25) is 0 Å². The summed E-state index contributed by atoms with van der Waals surface area (Å²) < 4.78 is 0. The van der Waals surface area contributed by atoms with Crippen LogP contribution in [0, 0.1) is 5.92 Å². The van der Waals surface area contributed by atoms with Crippen LogP contribution in [0.1, 0.15) is 12.0 Å². The van der Waals surface area contributed by atoms with Crippen LogP contribution < -0.4 is 0 Å². The van der Waals surface area contributed by atoms with Gasteiger partial charge < -0.3 is 20.4 Å². The molecule has 4 N–H and O–H groups in total. The number of nitrogens with zero attached hydrogens (tertiary/aromatic N) is 1. The molecule has 0 aromatic heterocycles. The number of benzene rings is 1. The van der Waals surface area contributed by atoms with Gasteiger partial charge in [0.1, 0.15) is 11.5 Å². The van der Waals surface area contributed by atoms with Crippen molar-refractivity contribution in [2.45, 2.75) is 18.9 Å². The van der Waals surface area contributed by atoms with E-state index in [1.165, 1.54) is 18.2 Å². The maximum Gasteiger partial charge on any atom is 0.233 e. The number of imide groups is 1. The Hall–Kier alpha value is -2.12. The third kappa shape index (κ3) is 2.98. The second-order valence-corrected chi connectivity index (χ2v) is 5.04. The third-order valence-electron chi connectivity index (χ3n) is 3.60. The number of aromatic hydroxyl groups is 2. The lowest BCUT2D eigenvalue weighted by Gasteiger charge is -2.22. The average molecular weight is 295 g/mol. The van der Waals surface area contributed by atoms with Gasteiger partial charge in [-0.3, -0.25) is 14.5 Å². The van der Waals surface area contributed by atoms with Crippen LogP contribution in [0.5, 0.6) is 11.5 Å². The van der Waals surface area contributed by atoms with Gasteiger partial charge in [-0.05, 0) is 18.1 Å². The lowest BCUT2D eigenvalue weighted by molar-refractivity contribution is -0.144. The fraction of sp³-hybridized carbons (Fsp3) is 0.429. The Balaban J connectivity index is 2.15. The van der Waals surface area contributed by atoms with Gasteiger partial charge in [0, 0.05) is 12.5 Å². The van der Waals surface area contributed by atoms with Crippen molar-refractivity contribution >= 4 is 11.8 Å². The van der Waals surface area contributed by atoms with Crippen molar-refractivity contribution < 1.29 is 30.0 Å². The lowest BCUT2D eigenvalue weighted by Crippen LogP contribution is -2.44. The van der Waals surface area contributed by atoms with Crippen molar-refractivity contribution in [1.82, 2.24) is 4.90 Å². The Morgan fingerprint density at radius 3 is 2.43 bits per heavy atom. The summed E-state index contributed by atoms with van der Waals surface area (Å²) in [5.74, 6) is -1.80. The molecule has 7 nitrogen and oxygen atoms in total. The molecule has 1 aromatic rings. The number of rotatable bonds is 5. The third-order valence-corrected chi connectivity index (χ3v) is 3.60. The van der Waals surface area contributed by atoms with E-state index in [0.29, 0.717) is 5.56 Å². The van der Waals surface area contributed by atoms with Gasteiger partial charge in [0.15, 0.2) is 0 Å². The number of hydrogen-bond acceptors (Lipinski definition) is 6. The summed E-state index contributed by atoms with van der Waals surface area (Å²) in [6, 6.07) is 3.11. The van der Waals surface area contributed by atoms with Crippen molar-refractivity contribution in [2.24, 2.45) is 5.92 Å². The Bertz CT molecular complexity index is 554. The quantitative estimate of drug-likeness (QED) is 0.537. The van der Waals surface area contributed by atoms with Gasteiger partial charge in [-0.2, -0.15) is 0 Å². The number of aliphatic hydroxyl groups excluding tert-OH is 2. The van der Waals surface area contributed by atoms with Crippen molar-refractivity contribution in [2.75, 3.05) is 13.2 Å². The molecule has 1 unspecified atom stereocenters. The van der Waals surface area contributed by atoms with Crippen LogP contribution in [-0.2, 0) is 16.0 Å². The summed E-state index contributed by atoms with van der Waals surface area (Å²) in [5, 5.41) is 37.1.